The maximum absolute atomic E-state index is 12.6. The van der Waals surface area contributed by atoms with Gasteiger partial charge in [-0.1, -0.05) is 23.7 Å². The fourth-order valence-corrected chi connectivity index (χ4v) is 3.77. The van der Waals surface area contributed by atoms with Crippen LogP contribution in [0.4, 0.5) is 0 Å². The van der Waals surface area contributed by atoms with Gasteiger partial charge in [0.1, 0.15) is 11.4 Å². The van der Waals surface area contributed by atoms with E-state index in [0.29, 0.717) is 15.2 Å². The first kappa shape index (κ1) is 17.6. The maximum Gasteiger partial charge on any atom is 0.262 e. The number of benzene rings is 1. The van der Waals surface area contributed by atoms with E-state index in [9.17, 15) is 9.59 Å². The van der Waals surface area contributed by atoms with Crippen molar-refractivity contribution in [3.8, 4) is 0 Å². The van der Waals surface area contributed by atoms with Crippen molar-refractivity contribution in [2.75, 3.05) is 0 Å². The van der Waals surface area contributed by atoms with E-state index in [4.69, 9.17) is 11.6 Å². The van der Waals surface area contributed by atoms with Crippen LogP contribution in [0.3, 0.4) is 0 Å². The van der Waals surface area contributed by atoms with Gasteiger partial charge in [0.15, 0.2) is 0 Å². The lowest BCUT2D eigenvalue weighted by Crippen LogP contribution is -2.33. The summed E-state index contributed by atoms with van der Waals surface area (Å²) in [5.74, 6) is -0.240. The number of hydrogen-bond donors (Lipinski definition) is 1. The number of carbonyl (C=O) groups is 1. The number of nitrogens with one attached hydrogen (secondary N) is 1. The summed E-state index contributed by atoms with van der Waals surface area (Å²) in [6.07, 6.45) is 1.44. The molecule has 0 saturated carbocycles. The molecule has 1 N–H and O–H groups in total. The van der Waals surface area contributed by atoms with Gasteiger partial charge in [-0.15, -0.1) is 11.3 Å². The molecule has 0 aliphatic carbocycles. The van der Waals surface area contributed by atoms with Crippen molar-refractivity contribution in [2.45, 2.75) is 33.4 Å². The molecule has 1 unspecified atom stereocenters. The first-order chi connectivity index (χ1) is 11.9. The van der Waals surface area contributed by atoms with E-state index in [2.05, 4.69) is 10.3 Å². The molecule has 0 aliphatic rings. The zero-order chi connectivity index (χ0) is 18.1. The number of aromatic nitrogens is 2. The van der Waals surface area contributed by atoms with Crippen LogP contribution in [0.1, 0.15) is 29.0 Å². The molecule has 5 nitrogen and oxygen atoms in total. The van der Waals surface area contributed by atoms with E-state index < -0.39 is 0 Å². The summed E-state index contributed by atoms with van der Waals surface area (Å²) in [6, 6.07) is 7.12. The average Bonchev–Trinajstić information content (AvgIpc) is 2.86. The fraction of sp³-hybridized carbons (Fsp3) is 0.278. The summed E-state index contributed by atoms with van der Waals surface area (Å²) in [7, 11) is 0. The average molecular weight is 376 g/mol. The molecule has 25 heavy (non-hydrogen) atoms. The predicted molar refractivity (Wildman–Crippen MR) is 101 cm³/mol. The van der Waals surface area contributed by atoms with Crippen molar-refractivity contribution in [2.24, 2.45) is 0 Å². The number of nitrogens with zero attached hydrogens (tertiary/aromatic N) is 2. The first-order valence-corrected chi connectivity index (χ1v) is 9.06. The summed E-state index contributed by atoms with van der Waals surface area (Å²) in [5.41, 5.74) is 1.70. The van der Waals surface area contributed by atoms with Gasteiger partial charge in [0.25, 0.3) is 5.56 Å². The van der Waals surface area contributed by atoms with Crippen LogP contribution in [0, 0.1) is 13.8 Å². The van der Waals surface area contributed by atoms with E-state index in [1.165, 1.54) is 22.2 Å². The maximum atomic E-state index is 12.6. The Morgan fingerprint density at radius 1 is 1.32 bits per heavy atom. The summed E-state index contributed by atoms with van der Waals surface area (Å²) in [5, 5.41) is 4.14. The van der Waals surface area contributed by atoms with Crippen LogP contribution in [-0.4, -0.2) is 15.5 Å². The molecule has 130 valence electrons. The lowest BCUT2D eigenvalue weighted by molar-refractivity contribution is -0.122. The SMILES string of the molecule is Cc1sc2ncn(CC(=O)NC(C)c3ccc(Cl)cc3)c(=O)c2c1C. The van der Waals surface area contributed by atoms with Crippen LogP contribution in [0.2, 0.25) is 5.02 Å². The zero-order valence-corrected chi connectivity index (χ0v) is 15.7. The van der Waals surface area contributed by atoms with E-state index in [-0.39, 0.29) is 24.1 Å². The smallest absolute Gasteiger partial charge is 0.262 e. The molecule has 0 fully saturated rings. The molecule has 2 heterocycles. The number of hydrogen-bond acceptors (Lipinski definition) is 4. The summed E-state index contributed by atoms with van der Waals surface area (Å²) >= 11 is 7.37. The number of rotatable bonds is 4. The third kappa shape index (κ3) is 3.60. The summed E-state index contributed by atoms with van der Waals surface area (Å²) in [4.78, 5) is 31.0. The second-order valence-electron chi connectivity index (χ2n) is 5.98. The zero-order valence-electron chi connectivity index (χ0n) is 14.2. The minimum Gasteiger partial charge on any atom is -0.348 e. The van der Waals surface area contributed by atoms with Gasteiger partial charge >= 0.3 is 0 Å². The van der Waals surface area contributed by atoms with Gasteiger partial charge in [-0.3, -0.25) is 14.2 Å². The molecule has 0 saturated heterocycles. The van der Waals surface area contributed by atoms with Crippen LogP contribution in [0.5, 0.6) is 0 Å². The Balaban J connectivity index is 1.78. The van der Waals surface area contributed by atoms with Crippen LogP contribution in [0.15, 0.2) is 35.4 Å². The minimum absolute atomic E-state index is 0.0615. The van der Waals surface area contributed by atoms with Crippen LogP contribution in [-0.2, 0) is 11.3 Å². The normalized spacial score (nSPS) is 12.3. The highest BCUT2D eigenvalue weighted by atomic mass is 35.5. The minimum atomic E-state index is -0.240. The predicted octanol–water partition coefficient (Wildman–Crippen LogP) is 3.61. The largest absolute Gasteiger partial charge is 0.348 e. The van der Waals surface area contributed by atoms with E-state index in [1.54, 1.807) is 12.1 Å². The number of amides is 1. The van der Waals surface area contributed by atoms with Crippen molar-refractivity contribution in [3.05, 3.63) is 62.0 Å². The Kier molecular flexibility index (Phi) is 4.92. The van der Waals surface area contributed by atoms with Gasteiger partial charge in [0.05, 0.1) is 17.8 Å². The number of halogens is 1. The van der Waals surface area contributed by atoms with Crippen LogP contribution < -0.4 is 10.9 Å². The molecular formula is C18H18ClN3O2S. The molecule has 1 aromatic carbocycles. The highest BCUT2D eigenvalue weighted by molar-refractivity contribution is 7.18. The molecule has 0 aliphatic heterocycles. The lowest BCUT2D eigenvalue weighted by atomic mass is 10.1. The van der Waals surface area contributed by atoms with Gasteiger partial charge < -0.3 is 5.32 Å². The molecule has 2 aromatic heterocycles. The highest BCUT2D eigenvalue weighted by Crippen LogP contribution is 2.25. The Bertz CT molecular complexity index is 992. The fourth-order valence-electron chi connectivity index (χ4n) is 2.66. The Morgan fingerprint density at radius 2 is 2.00 bits per heavy atom. The highest BCUT2D eigenvalue weighted by Gasteiger charge is 2.15. The summed E-state index contributed by atoms with van der Waals surface area (Å²) in [6.45, 7) is 5.70. The molecule has 0 radical (unpaired) electrons. The Morgan fingerprint density at radius 3 is 2.68 bits per heavy atom. The number of thiophene rings is 1. The van der Waals surface area contributed by atoms with Crippen molar-refractivity contribution < 1.29 is 4.79 Å². The van der Waals surface area contributed by atoms with Crippen molar-refractivity contribution in [3.63, 3.8) is 0 Å². The summed E-state index contributed by atoms with van der Waals surface area (Å²) < 4.78 is 1.35. The quantitative estimate of drug-likeness (QED) is 0.757. The third-order valence-electron chi connectivity index (χ3n) is 4.22. The monoisotopic (exact) mass is 375 g/mol. The Hall–Kier alpha value is -2.18. The molecule has 1 amide bonds. The standard InChI is InChI=1S/C18H18ClN3O2S/c1-10-12(3)25-17-16(10)18(24)22(9-20-17)8-15(23)21-11(2)13-4-6-14(19)7-5-13/h4-7,9,11H,8H2,1-3H3,(H,21,23). The Labute approximate surface area is 154 Å². The third-order valence-corrected chi connectivity index (χ3v) is 5.58. The van der Waals surface area contributed by atoms with E-state index >= 15 is 0 Å². The number of carbonyl (C=O) groups excluding carboxylic acids is 1. The lowest BCUT2D eigenvalue weighted by Gasteiger charge is -2.15. The van der Waals surface area contributed by atoms with Crippen LogP contribution >= 0.6 is 22.9 Å². The second kappa shape index (κ2) is 6.98. The second-order valence-corrected chi connectivity index (χ2v) is 7.62. The first-order valence-electron chi connectivity index (χ1n) is 7.86. The van der Waals surface area contributed by atoms with Gasteiger partial charge in [-0.05, 0) is 44.0 Å². The molecule has 1 atom stereocenters. The molecule has 0 spiro atoms. The van der Waals surface area contributed by atoms with Crippen molar-refractivity contribution >= 4 is 39.1 Å². The molecule has 3 rings (SSSR count). The number of fused-ring (bicyclic) bond motifs is 1. The number of aryl methyl sites for hydroxylation is 2. The molecule has 0 bridgehead atoms. The van der Waals surface area contributed by atoms with Gasteiger partial charge in [-0.25, -0.2) is 4.98 Å². The van der Waals surface area contributed by atoms with Gasteiger partial charge in [0.2, 0.25) is 5.91 Å². The van der Waals surface area contributed by atoms with Crippen molar-refractivity contribution in [1.82, 2.24) is 14.9 Å². The van der Waals surface area contributed by atoms with Crippen molar-refractivity contribution in [1.29, 1.82) is 0 Å². The van der Waals surface area contributed by atoms with Crippen LogP contribution in [0.25, 0.3) is 10.2 Å². The topological polar surface area (TPSA) is 64.0 Å². The van der Waals surface area contributed by atoms with Gasteiger partial charge in [-0.2, -0.15) is 0 Å². The van der Waals surface area contributed by atoms with Gasteiger partial charge in [0, 0.05) is 9.90 Å². The molecule has 3 aromatic rings. The molecule has 7 heteroatoms. The van der Waals surface area contributed by atoms with E-state index in [0.717, 1.165) is 16.0 Å². The molecular weight excluding hydrogens is 358 g/mol. The van der Waals surface area contributed by atoms with E-state index in [1.807, 2.05) is 32.9 Å².